The number of allylic oxidation sites excluding steroid dienone is 4. The number of phenolic OH excluding ortho intramolecular Hbond substituents is 1. The number of likely N-dealkylation sites (tertiary alicyclic amines) is 1. The number of halogens is 1. The quantitative estimate of drug-likeness (QED) is 0.141. The first-order chi connectivity index (χ1) is 41.9. The van der Waals surface area contributed by atoms with Crippen molar-refractivity contribution in [2.45, 2.75) is 135 Å². The maximum Gasteiger partial charge on any atom is 0.410 e. The van der Waals surface area contributed by atoms with Gasteiger partial charge in [-0.15, -0.1) is 0 Å². The zero-order valence-electron chi connectivity index (χ0n) is 51.1. The van der Waals surface area contributed by atoms with E-state index in [1.54, 1.807) is 54.2 Å². The Balaban J connectivity index is 0.860. The summed E-state index contributed by atoms with van der Waals surface area (Å²) < 4.78 is 54.0. The molecule has 11 rings (SSSR count). The number of aliphatic hydroxyl groups is 2. The van der Waals surface area contributed by atoms with Crippen LogP contribution in [0.15, 0.2) is 64.6 Å². The maximum absolute atomic E-state index is 16.1. The normalized spacial score (nSPS) is 28.0. The Morgan fingerprint density at radius 1 is 0.818 bits per heavy atom. The van der Waals surface area contributed by atoms with Gasteiger partial charge in [0.15, 0.2) is 11.6 Å². The van der Waals surface area contributed by atoms with Crippen molar-refractivity contribution < 1.29 is 82.0 Å². The number of piperidine rings is 2. The summed E-state index contributed by atoms with van der Waals surface area (Å²) in [6.07, 6.45) is 7.68. The van der Waals surface area contributed by atoms with Crippen molar-refractivity contribution in [3.8, 4) is 17.2 Å². The number of rotatable bonds is 9. The van der Waals surface area contributed by atoms with Gasteiger partial charge in [-0.2, -0.15) is 0 Å². The molecule has 2 aromatic carbocycles. The molecule has 2 aliphatic carbocycles. The fourth-order valence-corrected chi connectivity index (χ4v) is 13.3. The smallest absolute Gasteiger partial charge is 0.410 e. The number of ether oxygens (including phenoxy) is 6. The lowest BCUT2D eigenvalue weighted by atomic mass is 9.78. The molecule has 1 saturated carbocycles. The average Bonchev–Trinajstić information content (AvgIpc) is 1.45. The highest BCUT2D eigenvalue weighted by Gasteiger charge is 2.53. The zero-order chi connectivity index (χ0) is 63.4. The van der Waals surface area contributed by atoms with Crippen LogP contribution in [0.4, 0.5) is 14.9 Å². The molecule has 88 heavy (non-hydrogen) atoms. The summed E-state index contributed by atoms with van der Waals surface area (Å²) in [6.45, 7) is 13.4. The highest BCUT2D eigenvalue weighted by atomic mass is 19.1. The van der Waals surface area contributed by atoms with Crippen LogP contribution in [0.3, 0.4) is 0 Å². The Morgan fingerprint density at radius 2 is 1.48 bits per heavy atom. The van der Waals surface area contributed by atoms with E-state index >= 15 is 4.39 Å². The number of hydrogen-bond acceptors (Lipinski definition) is 19. The third kappa shape index (κ3) is 11.8. The topological polar surface area (TPSA) is 294 Å². The molecule has 0 unspecified atom stereocenters. The minimum Gasteiger partial charge on any atom is -0.507 e. The Hall–Kier alpha value is -7.64. The lowest BCUT2D eigenvalue weighted by Crippen LogP contribution is -2.52. The van der Waals surface area contributed by atoms with E-state index in [0.29, 0.717) is 57.4 Å². The number of aliphatic hydroxyl groups excluding tert-OH is 2. The summed E-state index contributed by atoms with van der Waals surface area (Å²) in [5.41, 5.74) is -2.28. The first-order valence-corrected chi connectivity index (χ1v) is 30.3. The third-order valence-electron chi connectivity index (χ3n) is 18.8. The van der Waals surface area contributed by atoms with Gasteiger partial charge in [-0.05, 0) is 64.5 Å². The molecule has 0 radical (unpaired) electrons. The van der Waals surface area contributed by atoms with Crippen molar-refractivity contribution in [1.82, 2.24) is 25.0 Å². The molecule has 1 aromatic heterocycles. The van der Waals surface area contributed by atoms with Crippen LogP contribution in [0.5, 0.6) is 17.2 Å². The first-order valence-electron chi connectivity index (χ1n) is 30.3. The van der Waals surface area contributed by atoms with Crippen LogP contribution < -0.4 is 30.4 Å². The van der Waals surface area contributed by atoms with Crippen LogP contribution >= 0.6 is 0 Å². The number of hydrogen-bond donors (Lipinski definition) is 6. The lowest BCUT2D eigenvalue weighted by molar-refractivity contribution is -0.116. The molecular weight excluding hydrogens is 1140 g/mol. The maximum atomic E-state index is 16.1. The molecule has 8 aliphatic rings. The molecule has 24 heteroatoms. The number of methoxy groups -OCH3 is 2. The Labute approximate surface area is 508 Å². The van der Waals surface area contributed by atoms with Gasteiger partial charge >= 0.3 is 17.8 Å². The SMILES string of the molecule is COc1c(N2CCC(NC3CCN(C(=O)O[C@H]4[C@H](C)[C@H](O)[C@H](C)[C@@H](O)[C@@H](C)C=CC=C(C)C(=O)NC5=C(N6CCOCC6)C(=O)c6c(c(O)c(C)c7c6C(=O)[C@@](C)(OC=C[C@H](OC)[C@H]4C)O7)C5=O)CC3)CC2)c(F)cc2c(=O)c(C(=O)O)cn(C3CC3)c12. The molecule has 474 valence electrons. The molecule has 3 saturated heterocycles. The molecular formula is C64H79FN6O17. The predicted octanol–water partition coefficient (Wildman–Crippen LogP) is 6.08. The number of morpholine rings is 1. The fourth-order valence-electron chi connectivity index (χ4n) is 13.3. The minimum atomic E-state index is -2.15. The van der Waals surface area contributed by atoms with Gasteiger partial charge in [-0.1, -0.05) is 45.9 Å². The predicted molar refractivity (Wildman–Crippen MR) is 318 cm³/mol. The van der Waals surface area contributed by atoms with Crippen LogP contribution in [0.1, 0.15) is 133 Å². The standard InChI is InChI=1S/C64H79FN6O17/c1-31-11-10-12-32(2)61(79)67-47-50(69-24-27-85-28-25-69)56(77)44-45(55(47)76)53(74)36(6)58-46(44)60(78)64(7,88-58)86-26-19-43(83-8)33(3)57(35(5)52(73)34(4)51(31)72)87-63(82)70-22-17-38(18-23-70)66-37-15-20-68(21-16-37)49-42(65)29-40-48(59(49)84-9)71(39-13-14-39)30-41(54(40)75)62(80)81/h10-12,19,26,29-31,33-35,37-39,43,51-52,57,66,72-74H,13-18,20-25,27-28H2,1-9H3,(H,67,79)(H,80,81)/t31-,33+,34+,35+,43-,51-,52+,57+,64-/m0/s1. The molecule has 0 spiro atoms. The number of amides is 2. The van der Waals surface area contributed by atoms with E-state index < -0.39 is 123 Å². The Morgan fingerprint density at radius 3 is 2.10 bits per heavy atom. The van der Waals surface area contributed by atoms with E-state index in [0.717, 1.165) is 18.9 Å². The second kappa shape index (κ2) is 25.5. The van der Waals surface area contributed by atoms with Crippen LogP contribution in [0, 0.1) is 36.4 Å². The Bertz CT molecular complexity index is 3500. The number of pyridine rings is 1. The summed E-state index contributed by atoms with van der Waals surface area (Å²) in [6, 6.07) is 1.18. The Kier molecular flexibility index (Phi) is 18.3. The number of nitrogens with one attached hydrogen (secondary N) is 2. The zero-order valence-corrected chi connectivity index (χ0v) is 51.1. The van der Waals surface area contributed by atoms with Crippen molar-refractivity contribution >= 4 is 51.9 Å². The molecule has 3 aromatic rings. The van der Waals surface area contributed by atoms with E-state index in [4.69, 9.17) is 28.4 Å². The minimum absolute atomic E-state index is 0.0276. The highest BCUT2D eigenvalue weighted by molar-refractivity contribution is 6.32. The van der Waals surface area contributed by atoms with E-state index in [2.05, 4.69) is 10.6 Å². The summed E-state index contributed by atoms with van der Waals surface area (Å²) in [4.78, 5) is 103. The van der Waals surface area contributed by atoms with Gasteiger partial charge < -0.3 is 78.7 Å². The van der Waals surface area contributed by atoms with Crippen molar-refractivity contribution in [3.63, 3.8) is 0 Å². The van der Waals surface area contributed by atoms with Crippen molar-refractivity contribution in [2.75, 3.05) is 71.6 Å². The summed E-state index contributed by atoms with van der Waals surface area (Å²) in [7, 11) is 2.84. The van der Waals surface area contributed by atoms with Gasteiger partial charge in [0.05, 0.1) is 72.5 Å². The number of aromatic nitrogens is 1. The number of phenols is 1. The molecule has 23 nitrogen and oxygen atoms in total. The average molecular weight is 1220 g/mol. The molecule has 5 bridgehead atoms. The van der Waals surface area contributed by atoms with E-state index in [-0.39, 0.29) is 95.1 Å². The van der Waals surface area contributed by atoms with Crippen molar-refractivity contribution in [2.24, 2.45) is 23.7 Å². The van der Waals surface area contributed by atoms with Gasteiger partial charge in [0.1, 0.15) is 40.2 Å². The molecule has 6 aliphatic heterocycles. The van der Waals surface area contributed by atoms with Crippen molar-refractivity contribution in [3.05, 3.63) is 104 Å². The van der Waals surface area contributed by atoms with Crippen LogP contribution in [-0.4, -0.2) is 179 Å². The first kappa shape index (κ1) is 63.4. The summed E-state index contributed by atoms with van der Waals surface area (Å²) in [5.74, 6) is -11.1. The summed E-state index contributed by atoms with van der Waals surface area (Å²) >= 11 is 0. The second-order valence-corrected chi connectivity index (χ2v) is 24.5. The number of benzene rings is 2. The number of fused-ring (bicyclic) bond motifs is 15. The third-order valence-corrected chi connectivity index (χ3v) is 18.8. The highest BCUT2D eigenvalue weighted by Crippen LogP contribution is 2.50. The van der Waals surface area contributed by atoms with Gasteiger partial charge in [0, 0.05) is 112 Å². The van der Waals surface area contributed by atoms with Crippen LogP contribution in [0.2, 0.25) is 0 Å². The van der Waals surface area contributed by atoms with E-state index in [1.807, 2.05) is 4.90 Å². The number of aromatic hydroxyl groups is 1. The lowest BCUT2D eigenvalue weighted by Gasteiger charge is -2.40. The number of carbonyl (C=O) groups is 6. The summed E-state index contributed by atoms with van der Waals surface area (Å²) in [5, 5.41) is 51.7. The molecule has 9 atom stereocenters. The van der Waals surface area contributed by atoms with Gasteiger partial charge in [-0.3, -0.25) is 24.0 Å². The molecule has 2 amide bonds. The second-order valence-electron chi connectivity index (χ2n) is 24.5. The molecule has 4 fully saturated rings. The van der Waals surface area contributed by atoms with Crippen molar-refractivity contribution in [1.29, 1.82) is 0 Å². The van der Waals surface area contributed by atoms with Gasteiger partial charge in [0.25, 0.3) is 11.7 Å². The number of aromatic carboxylic acids is 1. The number of carbonyl (C=O) groups excluding carboxylic acids is 5. The molecule has 7 heterocycles. The largest absolute Gasteiger partial charge is 0.507 e. The monoisotopic (exact) mass is 1220 g/mol. The number of ketones is 3. The number of carboxylic acids is 1. The number of carboxylic acid groups (broad SMARTS) is 1. The fraction of sp³-hybridized carbons (Fsp3) is 0.547. The number of nitrogens with zero attached hydrogens (tertiary/aromatic N) is 4. The van der Waals surface area contributed by atoms with E-state index in [9.17, 15) is 54.0 Å². The molecule has 6 N–H and O–H groups in total. The number of anilines is 1. The van der Waals surface area contributed by atoms with Gasteiger partial charge in [0.2, 0.25) is 17.0 Å². The van der Waals surface area contributed by atoms with Gasteiger partial charge in [-0.25, -0.2) is 14.0 Å². The van der Waals surface area contributed by atoms with Crippen LogP contribution in [-0.2, 0) is 23.7 Å². The van der Waals surface area contributed by atoms with Crippen LogP contribution in [0.25, 0.3) is 10.9 Å². The number of Topliss-reactive ketones (excluding diaryl/α,β-unsaturated/α-hetero) is 3. The van der Waals surface area contributed by atoms with E-state index in [1.165, 1.54) is 59.6 Å².